The molecule has 0 N–H and O–H groups in total. The fourth-order valence-electron chi connectivity index (χ4n) is 2.72. The Labute approximate surface area is 123 Å². The fourth-order valence-corrected chi connectivity index (χ4v) is 2.90. The topological polar surface area (TPSA) is 29.5 Å². The molecule has 20 heavy (non-hydrogen) atoms. The van der Waals surface area contributed by atoms with E-state index in [0.717, 1.165) is 25.7 Å². The number of nitrogens with zero attached hydrogens (tertiary/aromatic N) is 1. The molecule has 0 unspecified atom stereocenters. The maximum absolute atomic E-state index is 13.4. The molecule has 0 atom stereocenters. The summed E-state index contributed by atoms with van der Waals surface area (Å²) in [6, 6.07) is 4.46. The number of rotatable bonds is 5. The average Bonchev–Trinajstić information content (AvgIpc) is 2.98. The van der Waals surface area contributed by atoms with E-state index in [0.29, 0.717) is 18.0 Å². The van der Waals surface area contributed by atoms with E-state index in [-0.39, 0.29) is 17.7 Å². The summed E-state index contributed by atoms with van der Waals surface area (Å²) in [5.74, 6) is -0.0710. The minimum absolute atomic E-state index is 0.0908. The zero-order valence-electron chi connectivity index (χ0n) is 11.6. The van der Waals surface area contributed by atoms with Gasteiger partial charge in [-0.3, -0.25) is 4.79 Å². The number of carbonyl (C=O) groups is 1. The molecule has 1 aliphatic rings. The van der Waals surface area contributed by atoms with Crippen LogP contribution >= 0.6 is 11.6 Å². The summed E-state index contributed by atoms with van der Waals surface area (Å²) in [5.41, 5.74) is 0.445. The van der Waals surface area contributed by atoms with Crippen LogP contribution in [0.15, 0.2) is 18.2 Å². The lowest BCUT2D eigenvalue weighted by Gasteiger charge is -2.28. The fraction of sp³-hybridized carbons (Fsp3) is 0.533. The number of benzene rings is 1. The van der Waals surface area contributed by atoms with E-state index in [1.165, 1.54) is 25.3 Å². The number of carbonyl (C=O) groups excluding carboxylic acids is 1. The SMILES string of the molecule is COc1cc(C(=O)N(CCCl)C2CCCC2)ccc1F. The average molecular weight is 300 g/mol. The van der Waals surface area contributed by atoms with Crippen LogP contribution in [-0.4, -0.2) is 36.4 Å². The Morgan fingerprint density at radius 2 is 2.15 bits per heavy atom. The summed E-state index contributed by atoms with van der Waals surface area (Å²) in [5, 5.41) is 0. The third kappa shape index (κ3) is 3.23. The third-order valence-electron chi connectivity index (χ3n) is 3.75. The minimum Gasteiger partial charge on any atom is -0.494 e. The Morgan fingerprint density at radius 3 is 2.75 bits per heavy atom. The molecule has 1 aliphatic carbocycles. The molecule has 0 bridgehead atoms. The minimum atomic E-state index is -0.464. The van der Waals surface area contributed by atoms with Gasteiger partial charge < -0.3 is 9.64 Å². The molecular weight excluding hydrogens is 281 g/mol. The van der Waals surface area contributed by atoms with Crippen LogP contribution in [0.2, 0.25) is 0 Å². The first kappa shape index (κ1) is 15.1. The van der Waals surface area contributed by atoms with Crippen LogP contribution < -0.4 is 4.74 Å². The van der Waals surface area contributed by atoms with E-state index in [1.807, 2.05) is 4.90 Å². The molecule has 1 aromatic carbocycles. The lowest BCUT2D eigenvalue weighted by atomic mass is 10.1. The first-order valence-corrected chi connectivity index (χ1v) is 7.41. The molecule has 0 heterocycles. The molecule has 1 fully saturated rings. The van der Waals surface area contributed by atoms with Crippen molar-refractivity contribution < 1.29 is 13.9 Å². The highest BCUT2D eigenvalue weighted by Crippen LogP contribution is 2.26. The van der Waals surface area contributed by atoms with E-state index in [2.05, 4.69) is 0 Å². The molecular formula is C15H19ClFNO2. The highest BCUT2D eigenvalue weighted by molar-refractivity contribution is 6.18. The molecule has 5 heteroatoms. The number of methoxy groups -OCH3 is 1. The standard InChI is InChI=1S/C15H19ClFNO2/c1-20-14-10-11(6-7-13(14)17)15(19)18(9-8-16)12-4-2-3-5-12/h6-7,10,12H,2-5,8-9H2,1H3. The molecule has 0 spiro atoms. The number of hydrogen-bond donors (Lipinski definition) is 0. The summed E-state index contributed by atoms with van der Waals surface area (Å²) in [7, 11) is 1.39. The van der Waals surface area contributed by atoms with Gasteiger partial charge in [-0.2, -0.15) is 0 Å². The second kappa shape index (κ2) is 6.93. The van der Waals surface area contributed by atoms with Crippen LogP contribution in [0.25, 0.3) is 0 Å². The van der Waals surface area contributed by atoms with E-state index in [4.69, 9.17) is 16.3 Å². The molecule has 0 aliphatic heterocycles. The highest BCUT2D eigenvalue weighted by atomic mass is 35.5. The van der Waals surface area contributed by atoms with Crippen LogP contribution in [0.3, 0.4) is 0 Å². The number of halogens is 2. The van der Waals surface area contributed by atoms with Gasteiger partial charge in [0.1, 0.15) is 0 Å². The summed E-state index contributed by atoms with van der Waals surface area (Å²) in [6.45, 7) is 0.519. The predicted molar refractivity (Wildman–Crippen MR) is 77.0 cm³/mol. The third-order valence-corrected chi connectivity index (χ3v) is 3.92. The zero-order valence-corrected chi connectivity index (χ0v) is 12.3. The van der Waals surface area contributed by atoms with Gasteiger partial charge in [0.2, 0.25) is 0 Å². The first-order chi connectivity index (χ1) is 9.67. The van der Waals surface area contributed by atoms with Gasteiger partial charge in [0, 0.05) is 24.0 Å². The van der Waals surface area contributed by atoms with Crippen molar-refractivity contribution in [3.05, 3.63) is 29.6 Å². The van der Waals surface area contributed by atoms with Gasteiger partial charge in [-0.1, -0.05) is 12.8 Å². The maximum atomic E-state index is 13.4. The first-order valence-electron chi connectivity index (χ1n) is 6.88. The highest BCUT2D eigenvalue weighted by Gasteiger charge is 2.27. The van der Waals surface area contributed by atoms with E-state index < -0.39 is 5.82 Å². The van der Waals surface area contributed by atoms with Crippen molar-refractivity contribution >= 4 is 17.5 Å². The van der Waals surface area contributed by atoms with Gasteiger partial charge in [0.25, 0.3) is 5.91 Å². The largest absolute Gasteiger partial charge is 0.494 e. The molecule has 1 saturated carbocycles. The number of hydrogen-bond acceptors (Lipinski definition) is 2. The Bertz CT molecular complexity index is 475. The molecule has 0 aromatic heterocycles. The predicted octanol–water partition coefficient (Wildman–Crippen LogP) is 3.46. The molecule has 0 saturated heterocycles. The van der Waals surface area contributed by atoms with Crippen LogP contribution in [0.1, 0.15) is 36.0 Å². The van der Waals surface area contributed by atoms with Crippen LogP contribution in [0.5, 0.6) is 5.75 Å². The Kier molecular flexibility index (Phi) is 5.24. The number of ether oxygens (including phenoxy) is 1. The van der Waals surface area contributed by atoms with Crippen LogP contribution in [0, 0.1) is 5.82 Å². The van der Waals surface area contributed by atoms with E-state index in [1.54, 1.807) is 0 Å². The summed E-state index contributed by atoms with van der Waals surface area (Å²) < 4.78 is 18.3. The Morgan fingerprint density at radius 1 is 1.45 bits per heavy atom. The van der Waals surface area contributed by atoms with Gasteiger partial charge in [-0.15, -0.1) is 11.6 Å². The van der Waals surface area contributed by atoms with Crippen molar-refractivity contribution in [2.45, 2.75) is 31.7 Å². The lowest BCUT2D eigenvalue weighted by Crippen LogP contribution is -2.40. The normalized spacial score (nSPS) is 15.3. The smallest absolute Gasteiger partial charge is 0.254 e. The van der Waals surface area contributed by atoms with E-state index >= 15 is 0 Å². The second-order valence-electron chi connectivity index (χ2n) is 4.98. The van der Waals surface area contributed by atoms with E-state index in [9.17, 15) is 9.18 Å². The van der Waals surface area contributed by atoms with Crippen molar-refractivity contribution in [2.75, 3.05) is 19.5 Å². The molecule has 0 radical (unpaired) electrons. The quantitative estimate of drug-likeness (QED) is 0.779. The zero-order chi connectivity index (χ0) is 14.5. The second-order valence-corrected chi connectivity index (χ2v) is 5.35. The lowest BCUT2D eigenvalue weighted by molar-refractivity contribution is 0.0694. The summed E-state index contributed by atoms with van der Waals surface area (Å²) in [6.07, 6.45) is 4.31. The Balaban J connectivity index is 2.22. The monoisotopic (exact) mass is 299 g/mol. The van der Waals surface area contributed by atoms with Crippen molar-refractivity contribution in [1.82, 2.24) is 4.90 Å². The maximum Gasteiger partial charge on any atom is 0.254 e. The van der Waals surface area contributed by atoms with Gasteiger partial charge in [0.15, 0.2) is 11.6 Å². The van der Waals surface area contributed by atoms with Crippen LogP contribution in [0.4, 0.5) is 4.39 Å². The Hall–Kier alpha value is -1.29. The molecule has 1 aromatic rings. The van der Waals surface area contributed by atoms with Gasteiger partial charge >= 0.3 is 0 Å². The van der Waals surface area contributed by atoms with Gasteiger partial charge in [-0.25, -0.2) is 4.39 Å². The van der Waals surface area contributed by atoms with Crippen molar-refractivity contribution in [3.63, 3.8) is 0 Å². The van der Waals surface area contributed by atoms with Crippen molar-refractivity contribution in [3.8, 4) is 5.75 Å². The summed E-state index contributed by atoms with van der Waals surface area (Å²) in [4.78, 5) is 14.4. The van der Waals surface area contributed by atoms with Gasteiger partial charge in [0.05, 0.1) is 7.11 Å². The number of alkyl halides is 1. The number of amides is 1. The molecule has 110 valence electrons. The molecule has 1 amide bonds. The van der Waals surface area contributed by atoms with Crippen LogP contribution in [-0.2, 0) is 0 Å². The van der Waals surface area contributed by atoms with Crippen molar-refractivity contribution in [1.29, 1.82) is 0 Å². The van der Waals surface area contributed by atoms with Crippen molar-refractivity contribution in [2.24, 2.45) is 0 Å². The van der Waals surface area contributed by atoms with Gasteiger partial charge in [-0.05, 0) is 31.0 Å². The molecule has 2 rings (SSSR count). The molecule has 3 nitrogen and oxygen atoms in total. The summed E-state index contributed by atoms with van der Waals surface area (Å²) >= 11 is 5.81.